The summed E-state index contributed by atoms with van der Waals surface area (Å²) in [6.07, 6.45) is 3.68. The number of rotatable bonds is 4. The van der Waals surface area contributed by atoms with Crippen molar-refractivity contribution in [3.8, 4) is 0 Å². The second kappa shape index (κ2) is 8.08. The van der Waals surface area contributed by atoms with Crippen LogP contribution in [-0.2, 0) is 14.3 Å². The Morgan fingerprint density at radius 1 is 1.14 bits per heavy atom. The molecule has 144 valence electrons. The Kier molecular flexibility index (Phi) is 5.59. The van der Waals surface area contributed by atoms with Gasteiger partial charge in [0, 0.05) is 18.8 Å². The molecule has 0 spiro atoms. The topological polar surface area (TPSA) is 75.7 Å². The first-order valence-electron chi connectivity index (χ1n) is 8.95. The second-order valence-corrected chi connectivity index (χ2v) is 6.66. The number of benzene rings is 2. The number of methoxy groups -OCH3 is 1. The minimum Gasteiger partial charge on any atom is -0.465 e. The van der Waals surface area contributed by atoms with E-state index in [0.29, 0.717) is 11.3 Å². The third kappa shape index (κ3) is 3.96. The molecular weight excluding hydrogens is 356 g/mol. The maximum Gasteiger partial charge on any atom is 0.337 e. The maximum atomic E-state index is 12.8. The number of aryl methyl sites for hydroxylation is 1. The number of anilines is 1. The predicted octanol–water partition coefficient (Wildman–Crippen LogP) is 3.68. The van der Waals surface area contributed by atoms with Gasteiger partial charge in [0.05, 0.1) is 25.1 Å². The monoisotopic (exact) mass is 378 g/mol. The van der Waals surface area contributed by atoms with Crippen LogP contribution in [0, 0.1) is 6.92 Å². The van der Waals surface area contributed by atoms with Crippen molar-refractivity contribution < 1.29 is 19.1 Å². The van der Waals surface area contributed by atoms with E-state index in [9.17, 15) is 14.4 Å². The van der Waals surface area contributed by atoms with Crippen molar-refractivity contribution in [1.82, 2.24) is 4.90 Å². The molecular formula is C22H22N2O4. The molecule has 0 bridgehead atoms. The van der Waals surface area contributed by atoms with E-state index in [-0.39, 0.29) is 24.3 Å². The van der Waals surface area contributed by atoms with E-state index in [1.807, 2.05) is 37.3 Å². The number of fused-ring (bicyclic) bond motifs is 1. The van der Waals surface area contributed by atoms with Crippen LogP contribution in [-0.4, -0.2) is 29.8 Å². The molecule has 0 fully saturated rings. The van der Waals surface area contributed by atoms with Gasteiger partial charge in [0.1, 0.15) is 0 Å². The molecule has 0 radical (unpaired) electrons. The molecule has 0 aliphatic carbocycles. The van der Waals surface area contributed by atoms with Crippen molar-refractivity contribution in [2.75, 3.05) is 12.4 Å². The van der Waals surface area contributed by atoms with Gasteiger partial charge in [-0.3, -0.25) is 9.59 Å². The van der Waals surface area contributed by atoms with E-state index in [0.717, 1.165) is 16.7 Å². The summed E-state index contributed by atoms with van der Waals surface area (Å²) in [6.45, 7) is 3.32. The Bertz CT molecular complexity index is 965. The van der Waals surface area contributed by atoms with Gasteiger partial charge in [0.2, 0.25) is 11.8 Å². The predicted molar refractivity (Wildman–Crippen MR) is 107 cm³/mol. The first kappa shape index (κ1) is 19.4. The molecule has 6 nitrogen and oxygen atoms in total. The molecule has 6 heteroatoms. The number of carbonyl (C=O) groups is 3. The van der Waals surface area contributed by atoms with Crippen molar-refractivity contribution >= 4 is 29.5 Å². The third-order valence-corrected chi connectivity index (χ3v) is 4.78. The molecule has 1 aliphatic rings. The van der Waals surface area contributed by atoms with Crippen LogP contribution in [0.15, 0.2) is 48.7 Å². The van der Waals surface area contributed by atoms with Crippen LogP contribution in [0.1, 0.15) is 46.4 Å². The van der Waals surface area contributed by atoms with E-state index in [1.165, 1.54) is 14.0 Å². The van der Waals surface area contributed by atoms with Crippen molar-refractivity contribution in [2.24, 2.45) is 0 Å². The van der Waals surface area contributed by atoms with Gasteiger partial charge in [-0.25, -0.2) is 4.79 Å². The summed E-state index contributed by atoms with van der Waals surface area (Å²) >= 11 is 0. The number of amides is 2. The molecule has 1 heterocycles. The second-order valence-electron chi connectivity index (χ2n) is 6.66. The van der Waals surface area contributed by atoms with E-state index >= 15 is 0 Å². The van der Waals surface area contributed by atoms with Crippen LogP contribution in [0.25, 0.3) is 6.08 Å². The zero-order chi connectivity index (χ0) is 20.3. The number of ether oxygens (including phenoxy) is 1. The number of carbonyl (C=O) groups excluding carboxylic acids is 3. The molecule has 0 saturated carbocycles. The summed E-state index contributed by atoms with van der Waals surface area (Å²) in [5.41, 5.74) is 3.65. The smallest absolute Gasteiger partial charge is 0.337 e. The van der Waals surface area contributed by atoms with Gasteiger partial charge in [-0.05, 0) is 41.8 Å². The molecule has 3 rings (SSSR count). The lowest BCUT2D eigenvalue weighted by Gasteiger charge is -2.32. The summed E-state index contributed by atoms with van der Waals surface area (Å²) in [7, 11) is 1.31. The highest BCUT2D eigenvalue weighted by molar-refractivity contribution is 5.96. The van der Waals surface area contributed by atoms with Crippen LogP contribution in [0.4, 0.5) is 5.69 Å². The number of hydrogen-bond donors (Lipinski definition) is 1. The summed E-state index contributed by atoms with van der Waals surface area (Å²) in [5.74, 6) is -0.844. The van der Waals surface area contributed by atoms with Crippen LogP contribution in [0.5, 0.6) is 0 Å². The highest BCUT2D eigenvalue weighted by Gasteiger charge is 2.28. The molecule has 0 aromatic heterocycles. The van der Waals surface area contributed by atoms with Gasteiger partial charge < -0.3 is 15.0 Å². The van der Waals surface area contributed by atoms with Gasteiger partial charge in [-0.1, -0.05) is 30.3 Å². The van der Waals surface area contributed by atoms with E-state index < -0.39 is 5.97 Å². The lowest BCUT2D eigenvalue weighted by Crippen LogP contribution is -2.33. The fourth-order valence-electron chi connectivity index (χ4n) is 3.29. The van der Waals surface area contributed by atoms with Crippen molar-refractivity contribution in [3.05, 3.63) is 70.9 Å². The van der Waals surface area contributed by atoms with Gasteiger partial charge >= 0.3 is 5.97 Å². The molecule has 1 aliphatic heterocycles. The fourth-order valence-corrected chi connectivity index (χ4v) is 3.29. The number of nitrogens with zero attached hydrogens (tertiary/aromatic N) is 1. The first-order valence-corrected chi connectivity index (χ1v) is 8.95. The van der Waals surface area contributed by atoms with Gasteiger partial charge in [-0.15, -0.1) is 0 Å². The standard InChI is InChI=1S/C22H22N2O4/c1-14-8-9-17(22(27)28-3)12-19(14)23-21(26)13-20-18-7-5-4-6-16(18)10-11-24(20)15(2)25/h4-12,20H,13H2,1-3H3,(H,23,26)/t20-/m1/s1. The molecule has 28 heavy (non-hydrogen) atoms. The van der Waals surface area contributed by atoms with Gasteiger partial charge in [0.15, 0.2) is 0 Å². The maximum absolute atomic E-state index is 12.8. The molecule has 1 N–H and O–H groups in total. The van der Waals surface area contributed by atoms with E-state index in [4.69, 9.17) is 4.74 Å². The fraction of sp³-hybridized carbons (Fsp3) is 0.227. The van der Waals surface area contributed by atoms with E-state index in [2.05, 4.69) is 5.32 Å². The van der Waals surface area contributed by atoms with Gasteiger partial charge in [0.25, 0.3) is 0 Å². The molecule has 2 aromatic rings. The lowest BCUT2D eigenvalue weighted by molar-refractivity contribution is -0.129. The Labute approximate surface area is 163 Å². The summed E-state index contributed by atoms with van der Waals surface area (Å²) in [6, 6.07) is 12.3. The van der Waals surface area contributed by atoms with E-state index in [1.54, 1.807) is 29.3 Å². The summed E-state index contributed by atoms with van der Waals surface area (Å²) < 4.78 is 4.73. The Morgan fingerprint density at radius 3 is 2.61 bits per heavy atom. The van der Waals surface area contributed by atoms with Crippen LogP contribution >= 0.6 is 0 Å². The highest BCUT2D eigenvalue weighted by Crippen LogP contribution is 2.33. The first-order chi connectivity index (χ1) is 13.4. The van der Waals surface area contributed by atoms with Crippen molar-refractivity contribution in [3.63, 3.8) is 0 Å². The van der Waals surface area contributed by atoms with Crippen LogP contribution in [0.2, 0.25) is 0 Å². The zero-order valence-corrected chi connectivity index (χ0v) is 16.1. The summed E-state index contributed by atoms with van der Waals surface area (Å²) in [5, 5.41) is 2.86. The minimum atomic E-state index is -0.468. The minimum absolute atomic E-state index is 0.100. The van der Waals surface area contributed by atoms with Gasteiger partial charge in [-0.2, -0.15) is 0 Å². The van der Waals surface area contributed by atoms with Crippen molar-refractivity contribution in [2.45, 2.75) is 26.3 Å². The largest absolute Gasteiger partial charge is 0.465 e. The number of hydrogen-bond acceptors (Lipinski definition) is 4. The molecule has 1 atom stereocenters. The highest BCUT2D eigenvalue weighted by atomic mass is 16.5. The molecule has 2 amide bonds. The normalized spacial score (nSPS) is 15.0. The average molecular weight is 378 g/mol. The summed E-state index contributed by atoms with van der Waals surface area (Å²) in [4.78, 5) is 38.1. The zero-order valence-electron chi connectivity index (χ0n) is 16.1. The molecule has 0 unspecified atom stereocenters. The Morgan fingerprint density at radius 2 is 1.89 bits per heavy atom. The number of nitrogens with one attached hydrogen (secondary N) is 1. The average Bonchev–Trinajstić information content (AvgIpc) is 2.69. The Balaban J connectivity index is 1.83. The van der Waals surface area contributed by atoms with Crippen LogP contribution in [0.3, 0.4) is 0 Å². The lowest BCUT2D eigenvalue weighted by atomic mass is 9.93. The SMILES string of the molecule is COC(=O)c1ccc(C)c(NC(=O)C[C@@H]2c3ccccc3C=CN2C(C)=O)c1. The molecule has 2 aromatic carbocycles. The Hall–Kier alpha value is -3.41. The quantitative estimate of drug-likeness (QED) is 0.824. The van der Waals surface area contributed by atoms with Crippen molar-refractivity contribution in [1.29, 1.82) is 0 Å². The number of esters is 1. The van der Waals surface area contributed by atoms with Crippen LogP contribution < -0.4 is 5.32 Å². The molecule has 0 saturated heterocycles. The third-order valence-electron chi connectivity index (χ3n) is 4.78.